The number of hydrogen-bond donors (Lipinski definition) is 0. The summed E-state index contributed by atoms with van der Waals surface area (Å²) in [6.45, 7) is 14.1. The van der Waals surface area contributed by atoms with Crippen molar-refractivity contribution in [3.63, 3.8) is 0 Å². The van der Waals surface area contributed by atoms with Gasteiger partial charge in [-0.25, -0.2) is 0 Å². The molecule has 54 heavy (non-hydrogen) atoms. The van der Waals surface area contributed by atoms with Crippen molar-refractivity contribution in [2.75, 3.05) is 0 Å². The maximum absolute atomic E-state index is 4.01. The molecule has 5 aromatic rings. The monoisotopic (exact) mass is 819 g/mol. The number of hydrogen-bond acceptors (Lipinski definition) is 0. The SMILES string of the molecule is CC(C)(C)c1cc(-c2ccccc2)c2c(c1)=[C-]C1=C(C3=CC=CC3)C(c3ccccc3)(C(C)(C)C)C=CC=21.[Cl-].[Cl-].[Zr+2]=[C](c1ccccc1)c1ccccc1. The van der Waals surface area contributed by atoms with Gasteiger partial charge < -0.3 is 24.8 Å². The van der Waals surface area contributed by atoms with Crippen molar-refractivity contribution in [1.82, 2.24) is 0 Å². The van der Waals surface area contributed by atoms with Gasteiger partial charge >= 0.3 is 99.2 Å². The van der Waals surface area contributed by atoms with Gasteiger partial charge in [0, 0.05) is 5.41 Å². The minimum absolute atomic E-state index is 0. The van der Waals surface area contributed by atoms with Crippen molar-refractivity contribution in [3.05, 3.63) is 213 Å². The van der Waals surface area contributed by atoms with Crippen LogP contribution in [0, 0.1) is 5.41 Å². The fourth-order valence-corrected chi connectivity index (χ4v) is 8.73. The molecule has 0 aliphatic heterocycles. The summed E-state index contributed by atoms with van der Waals surface area (Å²) in [6, 6.07) is 47.9. The van der Waals surface area contributed by atoms with Crippen LogP contribution in [0.15, 0.2) is 181 Å². The quantitative estimate of drug-likeness (QED) is 0.219. The second kappa shape index (κ2) is 16.9. The van der Waals surface area contributed by atoms with Crippen molar-refractivity contribution in [3.8, 4) is 11.1 Å². The zero-order valence-corrected chi connectivity index (χ0v) is 36.0. The van der Waals surface area contributed by atoms with Crippen molar-refractivity contribution in [2.24, 2.45) is 5.41 Å². The molecule has 0 heterocycles. The van der Waals surface area contributed by atoms with Crippen LogP contribution in [0.5, 0.6) is 0 Å². The molecule has 0 amide bonds. The predicted molar refractivity (Wildman–Crippen MR) is 218 cm³/mol. The van der Waals surface area contributed by atoms with E-state index < -0.39 is 0 Å². The average Bonchev–Trinajstić information content (AvgIpc) is 3.83. The van der Waals surface area contributed by atoms with Crippen LogP contribution < -0.4 is 35.3 Å². The van der Waals surface area contributed by atoms with Crippen LogP contribution >= 0.6 is 0 Å². The molecule has 270 valence electrons. The molecule has 1 atom stereocenters. The first-order chi connectivity index (χ1) is 25.0. The van der Waals surface area contributed by atoms with Crippen LogP contribution in [-0.2, 0) is 35.1 Å². The number of halogens is 2. The summed E-state index contributed by atoms with van der Waals surface area (Å²) in [5.41, 5.74) is 13.0. The molecule has 0 saturated carbocycles. The fourth-order valence-electron chi connectivity index (χ4n) is 7.91. The minimum atomic E-state index is -0.264. The molecule has 0 bridgehead atoms. The van der Waals surface area contributed by atoms with E-state index in [0.717, 1.165) is 6.42 Å². The first-order valence-electron chi connectivity index (χ1n) is 18.4. The van der Waals surface area contributed by atoms with E-state index in [-0.39, 0.29) is 41.1 Å². The van der Waals surface area contributed by atoms with E-state index in [9.17, 15) is 0 Å². The summed E-state index contributed by atoms with van der Waals surface area (Å²) in [5.74, 6) is 0. The van der Waals surface area contributed by atoms with E-state index in [2.05, 4.69) is 211 Å². The van der Waals surface area contributed by atoms with E-state index in [0.29, 0.717) is 0 Å². The molecule has 0 spiro atoms. The molecule has 0 N–H and O–H groups in total. The third-order valence-corrected chi connectivity index (χ3v) is 12.1. The molecule has 3 aliphatic carbocycles. The summed E-state index contributed by atoms with van der Waals surface area (Å²) in [7, 11) is 0. The Labute approximate surface area is 350 Å². The summed E-state index contributed by atoms with van der Waals surface area (Å²) in [4.78, 5) is 0. The van der Waals surface area contributed by atoms with Gasteiger partial charge in [-0.05, 0) is 28.4 Å². The van der Waals surface area contributed by atoms with Crippen molar-refractivity contribution in [2.45, 2.75) is 58.8 Å². The standard InChI is InChI=1S/C38H37.C13H10.2ClH.Zr/c1-36(2,3)30-23-28-24-33-31(34(28)32(25-30)26-15-9-7-10-16-26)21-22-38(37(4,5)6,29-19-11-8-12-20-29)35(33)27-17-13-14-18-27;1-3-7-12(8-4-1)11-13-9-5-2-6-10-13;;;/h7-17,19-23,25H,18H2,1-6H3;1-10H;2*1H;/q-1;;;;+2/p-2. The number of rotatable bonds is 5. The second-order valence-corrected chi connectivity index (χ2v) is 17.3. The normalized spacial score (nSPS) is 16.9. The Balaban J connectivity index is 0.000000296. The van der Waals surface area contributed by atoms with Crippen molar-refractivity contribution < 1.29 is 49.0 Å². The summed E-state index contributed by atoms with van der Waals surface area (Å²) >= 11 is 1.46. The topological polar surface area (TPSA) is 0 Å². The number of benzene rings is 5. The van der Waals surface area contributed by atoms with Gasteiger partial charge in [0.1, 0.15) is 0 Å². The fraction of sp³-hybridized carbons (Fsp3) is 0.196. The molecule has 3 aliphatic rings. The Morgan fingerprint density at radius 1 is 0.685 bits per heavy atom. The molecule has 0 radical (unpaired) electrons. The Kier molecular flexibility index (Phi) is 12.9. The van der Waals surface area contributed by atoms with Gasteiger partial charge in [0.2, 0.25) is 0 Å². The maximum atomic E-state index is 4.01. The van der Waals surface area contributed by atoms with Crippen LogP contribution in [0.4, 0.5) is 0 Å². The van der Waals surface area contributed by atoms with Gasteiger partial charge in [0.25, 0.3) is 0 Å². The average molecular weight is 822 g/mol. The summed E-state index contributed by atoms with van der Waals surface area (Å²) < 4.78 is 1.42. The zero-order valence-electron chi connectivity index (χ0n) is 32.1. The summed E-state index contributed by atoms with van der Waals surface area (Å²) in [5, 5.41) is 2.53. The van der Waals surface area contributed by atoms with Crippen molar-refractivity contribution in [1.29, 1.82) is 0 Å². The van der Waals surface area contributed by atoms with Gasteiger partial charge in [-0.1, -0.05) is 161 Å². The Morgan fingerprint density at radius 2 is 1.22 bits per heavy atom. The molecule has 3 heteroatoms. The van der Waals surface area contributed by atoms with Gasteiger partial charge in [-0.2, -0.15) is 0 Å². The van der Waals surface area contributed by atoms with E-state index in [1.807, 2.05) is 0 Å². The summed E-state index contributed by atoms with van der Waals surface area (Å²) in [6.07, 6.45) is 16.7. The van der Waals surface area contributed by atoms with E-state index in [1.165, 1.54) is 93.6 Å². The van der Waals surface area contributed by atoms with E-state index in [4.69, 9.17) is 0 Å². The third-order valence-electron chi connectivity index (χ3n) is 10.7. The van der Waals surface area contributed by atoms with Gasteiger partial charge in [-0.15, -0.1) is 33.7 Å². The van der Waals surface area contributed by atoms with Crippen molar-refractivity contribution >= 4 is 14.9 Å². The molecule has 1 unspecified atom stereocenters. The first kappa shape index (κ1) is 41.3. The molecular formula is C51H47Cl2Zr-. The molecule has 0 fully saturated rings. The van der Waals surface area contributed by atoms with Crippen LogP contribution in [-0.4, -0.2) is 3.21 Å². The molecule has 8 rings (SSSR count). The first-order valence-corrected chi connectivity index (χ1v) is 19.7. The second-order valence-electron chi connectivity index (χ2n) is 16.0. The molecule has 0 nitrogen and oxygen atoms in total. The molecule has 0 saturated heterocycles. The molecule has 0 aromatic heterocycles. The Morgan fingerprint density at radius 3 is 1.72 bits per heavy atom. The van der Waals surface area contributed by atoms with Crippen LogP contribution in [0.2, 0.25) is 0 Å². The zero-order chi connectivity index (χ0) is 36.5. The van der Waals surface area contributed by atoms with Crippen LogP contribution in [0.1, 0.15) is 70.2 Å². The van der Waals surface area contributed by atoms with Gasteiger partial charge in [-0.3, -0.25) is 0 Å². The number of allylic oxidation sites excluding steroid dienone is 8. The Bertz CT molecular complexity index is 2330. The van der Waals surface area contributed by atoms with Gasteiger partial charge in [0.15, 0.2) is 0 Å². The molecule has 5 aromatic carbocycles. The molecular weight excluding hydrogens is 775 g/mol. The van der Waals surface area contributed by atoms with Crippen LogP contribution in [0.25, 0.3) is 22.8 Å². The van der Waals surface area contributed by atoms with Gasteiger partial charge in [0.05, 0.1) is 0 Å². The predicted octanol–water partition coefficient (Wildman–Crippen LogP) is 5.02. The van der Waals surface area contributed by atoms with E-state index in [1.54, 1.807) is 0 Å². The van der Waals surface area contributed by atoms with Crippen LogP contribution in [0.3, 0.4) is 0 Å². The third kappa shape index (κ3) is 7.93. The number of fused-ring (bicyclic) bond motifs is 2. The Hall–Kier alpha value is -3.87. The van der Waals surface area contributed by atoms with E-state index >= 15 is 0 Å².